The van der Waals surface area contributed by atoms with Gasteiger partial charge in [-0.2, -0.15) is 11.8 Å². The molecular formula is C12H23N3S. The van der Waals surface area contributed by atoms with Crippen LogP contribution in [0.2, 0.25) is 0 Å². The molecule has 0 aromatic carbocycles. The van der Waals surface area contributed by atoms with Crippen LogP contribution in [-0.2, 0) is 13.0 Å². The van der Waals surface area contributed by atoms with E-state index in [-0.39, 0.29) is 0 Å². The van der Waals surface area contributed by atoms with Crippen LogP contribution in [0.15, 0.2) is 12.4 Å². The van der Waals surface area contributed by atoms with Gasteiger partial charge in [-0.25, -0.2) is 4.98 Å². The highest BCUT2D eigenvalue weighted by atomic mass is 32.2. The van der Waals surface area contributed by atoms with Crippen LogP contribution >= 0.6 is 11.8 Å². The van der Waals surface area contributed by atoms with E-state index in [0.717, 1.165) is 25.3 Å². The van der Waals surface area contributed by atoms with Crippen LogP contribution in [0.4, 0.5) is 0 Å². The third-order valence-electron chi connectivity index (χ3n) is 2.62. The molecule has 0 aliphatic rings. The summed E-state index contributed by atoms with van der Waals surface area (Å²) < 4.78 is 2.22. The summed E-state index contributed by atoms with van der Waals surface area (Å²) in [4.78, 5) is 4.43. The van der Waals surface area contributed by atoms with Gasteiger partial charge in [-0.15, -0.1) is 0 Å². The first-order chi connectivity index (χ1) is 7.81. The summed E-state index contributed by atoms with van der Waals surface area (Å²) in [6.07, 6.45) is 8.34. The number of aromatic nitrogens is 2. The van der Waals surface area contributed by atoms with Crippen LogP contribution in [0.5, 0.6) is 0 Å². The maximum Gasteiger partial charge on any atom is 0.110 e. The first kappa shape index (κ1) is 13.6. The zero-order valence-corrected chi connectivity index (χ0v) is 11.4. The molecule has 1 aromatic rings. The minimum atomic E-state index is 0.544. The van der Waals surface area contributed by atoms with E-state index >= 15 is 0 Å². The minimum absolute atomic E-state index is 0.544. The summed E-state index contributed by atoms with van der Waals surface area (Å²) in [5.41, 5.74) is 0. The minimum Gasteiger partial charge on any atom is -0.335 e. The Morgan fingerprint density at radius 3 is 2.94 bits per heavy atom. The second-order valence-corrected chi connectivity index (χ2v) is 4.85. The Morgan fingerprint density at radius 1 is 1.50 bits per heavy atom. The molecule has 1 unspecified atom stereocenters. The first-order valence-corrected chi connectivity index (χ1v) is 7.43. The number of hydrogen-bond donors (Lipinski definition) is 1. The van der Waals surface area contributed by atoms with Gasteiger partial charge < -0.3 is 9.88 Å². The quantitative estimate of drug-likeness (QED) is 0.756. The fourth-order valence-corrected chi connectivity index (χ4v) is 2.42. The molecule has 0 saturated heterocycles. The molecule has 0 aliphatic carbocycles. The summed E-state index contributed by atoms with van der Waals surface area (Å²) in [6, 6.07) is 0.544. The molecule has 4 heteroatoms. The molecule has 1 N–H and O–H groups in total. The Labute approximate surface area is 103 Å². The van der Waals surface area contributed by atoms with Crippen molar-refractivity contribution in [3.05, 3.63) is 18.2 Å². The molecule has 0 fully saturated rings. The van der Waals surface area contributed by atoms with Crippen LogP contribution < -0.4 is 5.32 Å². The normalized spacial score (nSPS) is 12.9. The van der Waals surface area contributed by atoms with Crippen molar-refractivity contribution in [1.82, 2.24) is 14.9 Å². The van der Waals surface area contributed by atoms with Crippen molar-refractivity contribution in [2.45, 2.75) is 39.3 Å². The van der Waals surface area contributed by atoms with E-state index in [2.05, 4.69) is 41.2 Å². The highest BCUT2D eigenvalue weighted by molar-refractivity contribution is 7.98. The van der Waals surface area contributed by atoms with Crippen LogP contribution in [0.1, 0.15) is 26.1 Å². The summed E-state index contributed by atoms with van der Waals surface area (Å²) in [7, 11) is 0. The maximum atomic E-state index is 4.43. The van der Waals surface area contributed by atoms with Gasteiger partial charge in [-0.05, 0) is 26.1 Å². The van der Waals surface area contributed by atoms with Gasteiger partial charge in [-0.1, -0.05) is 6.92 Å². The Kier molecular flexibility index (Phi) is 6.57. The summed E-state index contributed by atoms with van der Waals surface area (Å²) in [5.74, 6) is 2.35. The van der Waals surface area contributed by atoms with Gasteiger partial charge in [0.15, 0.2) is 0 Å². The lowest BCUT2D eigenvalue weighted by Crippen LogP contribution is -2.34. The molecule has 0 radical (unpaired) electrons. The zero-order valence-electron chi connectivity index (χ0n) is 10.6. The van der Waals surface area contributed by atoms with Crippen LogP contribution in [0, 0.1) is 0 Å². The summed E-state index contributed by atoms with van der Waals surface area (Å²) >= 11 is 1.90. The largest absolute Gasteiger partial charge is 0.335 e. The van der Waals surface area contributed by atoms with Gasteiger partial charge >= 0.3 is 0 Å². The Morgan fingerprint density at radius 2 is 2.31 bits per heavy atom. The molecule has 0 amide bonds. The molecule has 0 bridgehead atoms. The average Bonchev–Trinajstić information content (AvgIpc) is 2.73. The van der Waals surface area contributed by atoms with Crippen molar-refractivity contribution in [3.8, 4) is 0 Å². The van der Waals surface area contributed by atoms with Crippen molar-refractivity contribution in [2.75, 3.05) is 18.6 Å². The van der Waals surface area contributed by atoms with Crippen molar-refractivity contribution >= 4 is 11.8 Å². The summed E-state index contributed by atoms with van der Waals surface area (Å²) in [6.45, 7) is 6.47. The second-order valence-electron chi connectivity index (χ2n) is 3.94. The topological polar surface area (TPSA) is 29.9 Å². The van der Waals surface area contributed by atoms with E-state index in [4.69, 9.17) is 0 Å². The van der Waals surface area contributed by atoms with Gasteiger partial charge in [0.1, 0.15) is 5.82 Å². The number of aryl methyl sites for hydroxylation is 1. The van der Waals surface area contributed by atoms with Gasteiger partial charge in [0, 0.05) is 37.2 Å². The number of thioether (sulfide) groups is 1. The van der Waals surface area contributed by atoms with E-state index in [9.17, 15) is 0 Å². The standard InChI is InChI=1S/C12H23N3S/c1-4-6-13-11(10-16-3)9-12-14-7-8-15(12)5-2/h7-8,11,13H,4-6,9-10H2,1-3H3. The van der Waals surface area contributed by atoms with Gasteiger partial charge in [-0.3, -0.25) is 0 Å². The van der Waals surface area contributed by atoms with Crippen molar-refractivity contribution in [2.24, 2.45) is 0 Å². The number of imidazole rings is 1. The highest BCUT2D eigenvalue weighted by Crippen LogP contribution is 2.06. The zero-order chi connectivity index (χ0) is 11.8. The number of hydrogen-bond acceptors (Lipinski definition) is 3. The molecule has 1 heterocycles. The second kappa shape index (κ2) is 7.74. The fraction of sp³-hybridized carbons (Fsp3) is 0.750. The van der Waals surface area contributed by atoms with Crippen LogP contribution in [0.3, 0.4) is 0 Å². The smallest absolute Gasteiger partial charge is 0.110 e. The van der Waals surface area contributed by atoms with Crippen molar-refractivity contribution < 1.29 is 0 Å². The van der Waals surface area contributed by atoms with E-state index in [1.54, 1.807) is 0 Å². The van der Waals surface area contributed by atoms with E-state index < -0.39 is 0 Å². The highest BCUT2D eigenvalue weighted by Gasteiger charge is 2.11. The maximum absolute atomic E-state index is 4.43. The van der Waals surface area contributed by atoms with Gasteiger partial charge in [0.05, 0.1) is 0 Å². The predicted molar refractivity (Wildman–Crippen MR) is 72.1 cm³/mol. The van der Waals surface area contributed by atoms with E-state index in [0.29, 0.717) is 6.04 Å². The lowest BCUT2D eigenvalue weighted by atomic mass is 10.2. The third kappa shape index (κ3) is 4.18. The summed E-state index contributed by atoms with van der Waals surface area (Å²) in [5, 5.41) is 3.59. The van der Waals surface area contributed by atoms with Crippen molar-refractivity contribution in [3.63, 3.8) is 0 Å². The Balaban J connectivity index is 2.52. The average molecular weight is 241 g/mol. The van der Waals surface area contributed by atoms with E-state index in [1.165, 1.54) is 12.2 Å². The van der Waals surface area contributed by atoms with E-state index in [1.807, 2.05) is 18.0 Å². The Bertz CT molecular complexity index is 286. The number of rotatable bonds is 8. The number of nitrogens with zero attached hydrogens (tertiary/aromatic N) is 2. The fourth-order valence-electron chi connectivity index (χ4n) is 1.78. The van der Waals surface area contributed by atoms with Crippen molar-refractivity contribution in [1.29, 1.82) is 0 Å². The molecule has 1 aromatic heterocycles. The van der Waals surface area contributed by atoms with Crippen LogP contribution in [-0.4, -0.2) is 34.1 Å². The molecule has 1 rings (SSSR count). The monoisotopic (exact) mass is 241 g/mol. The molecule has 0 saturated carbocycles. The molecular weight excluding hydrogens is 218 g/mol. The molecule has 0 spiro atoms. The number of nitrogens with one attached hydrogen (secondary N) is 1. The first-order valence-electron chi connectivity index (χ1n) is 6.04. The third-order valence-corrected chi connectivity index (χ3v) is 3.36. The lowest BCUT2D eigenvalue weighted by Gasteiger charge is -2.17. The van der Waals surface area contributed by atoms with Crippen LogP contribution in [0.25, 0.3) is 0 Å². The SMILES string of the molecule is CCCNC(CSC)Cc1nccn1CC. The Hall–Kier alpha value is -0.480. The molecule has 1 atom stereocenters. The molecule has 0 aliphatic heterocycles. The molecule has 3 nitrogen and oxygen atoms in total. The molecule has 16 heavy (non-hydrogen) atoms. The lowest BCUT2D eigenvalue weighted by molar-refractivity contribution is 0.526. The predicted octanol–water partition coefficient (Wildman–Crippen LogP) is 2.18. The molecule has 92 valence electrons. The van der Waals surface area contributed by atoms with Gasteiger partial charge in [0.2, 0.25) is 0 Å². The van der Waals surface area contributed by atoms with Gasteiger partial charge in [0.25, 0.3) is 0 Å².